The van der Waals surface area contributed by atoms with E-state index >= 15 is 0 Å². The van der Waals surface area contributed by atoms with Gasteiger partial charge in [-0.05, 0) is 58.5 Å². The first-order chi connectivity index (χ1) is 10.8. The first-order valence-corrected chi connectivity index (χ1v) is 7.61. The monoisotopic (exact) mass is 399 g/mol. The summed E-state index contributed by atoms with van der Waals surface area (Å²) in [6.07, 6.45) is 3.58. The molecule has 0 aliphatic heterocycles. The summed E-state index contributed by atoms with van der Waals surface area (Å²) >= 11 is 2.24. The van der Waals surface area contributed by atoms with Gasteiger partial charge < -0.3 is 4.52 Å². The number of hydrogen-bond acceptors (Lipinski definition) is 4. The van der Waals surface area contributed by atoms with Crippen molar-refractivity contribution in [1.29, 1.82) is 5.26 Å². The Kier molecular flexibility index (Phi) is 4.30. The maximum Gasteiger partial charge on any atom is 0.250 e. The van der Waals surface area contributed by atoms with Crippen LogP contribution in [0.1, 0.15) is 17.0 Å². The quantitative estimate of drug-likeness (QED) is 0.614. The third kappa shape index (κ3) is 3.23. The molecule has 0 aliphatic carbocycles. The second-order valence-electron chi connectivity index (χ2n) is 4.51. The second-order valence-corrected chi connectivity index (χ2v) is 5.67. The molecule has 0 saturated carbocycles. The van der Waals surface area contributed by atoms with Crippen LogP contribution in [0.4, 0.5) is 0 Å². The van der Waals surface area contributed by atoms with E-state index in [-0.39, 0.29) is 0 Å². The van der Waals surface area contributed by atoms with E-state index in [4.69, 9.17) is 9.78 Å². The van der Waals surface area contributed by atoms with Crippen molar-refractivity contribution < 1.29 is 4.52 Å². The number of nitriles is 1. The van der Waals surface area contributed by atoms with Crippen LogP contribution in [0, 0.1) is 14.9 Å². The Bertz CT molecular complexity index is 877. The van der Waals surface area contributed by atoms with Gasteiger partial charge in [0, 0.05) is 15.2 Å². The van der Waals surface area contributed by atoms with E-state index in [2.05, 4.69) is 38.8 Å². The van der Waals surface area contributed by atoms with Crippen LogP contribution in [-0.4, -0.2) is 10.1 Å². The summed E-state index contributed by atoms with van der Waals surface area (Å²) in [6.45, 7) is 0. The molecule has 1 aromatic heterocycles. The van der Waals surface area contributed by atoms with Crippen molar-refractivity contribution in [3.8, 4) is 17.5 Å². The van der Waals surface area contributed by atoms with Crippen LogP contribution in [0.3, 0.4) is 0 Å². The van der Waals surface area contributed by atoms with Gasteiger partial charge in [-0.1, -0.05) is 29.4 Å². The molecule has 3 rings (SSSR count). The lowest BCUT2D eigenvalue weighted by atomic mass is 10.1. The molecule has 2 aromatic carbocycles. The number of rotatable bonds is 3. The molecule has 4 nitrogen and oxygen atoms in total. The highest BCUT2D eigenvalue weighted by Crippen LogP contribution is 2.22. The van der Waals surface area contributed by atoms with E-state index in [9.17, 15) is 0 Å². The standard InChI is InChI=1S/C17H10IN3O/c18-15-7-2-1-6-14(15)17-20-16(22-21-17)9-8-12-4-3-5-13(10-12)11-19/h1-10H/b9-8+. The number of benzene rings is 2. The van der Waals surface area contributed by atoms with Gasteiger partial charge in [-0.2, -0.15) is 10.2 Å². The minimum Gasteiger partial charge on any atom is -0.334 e. The molecule has 0 unspecified atom stereocenters. The molecule has 106 valence electrons. The molecule has 0 N–H and O–H groups in total. The maximum absolute atomic E-state index is 8.89. The molecule has 1 heterocycles. The molecule has 0 aliphatic rings. The number of halogens is 1. The van der Waals surface area contributed by atoms with Gasteiger partial charge in [0.05, 0.1) is 11.6 Å². The van der Waals surface area contributed by atoms with Gasteiger partial charge in [-0.25, -0.2) is 0 Å². The first kappa shape index (κ1) is 14.5. The molecule has 0 radical (unpaired) electrons. The smallest absolute Gasteiger partial charge is 0.250 e. The van der Waals surface area contributed by atoms with Crippen LogP contribution in [-0.2, 0) is 0 Å². The second kappa shape index (κ2) is 6.54. The van der Waals surface area contributed by atoms with E-state index in [1.165, 1.54) is 0 Å². The van der Waals surface area contributed by atoms with Crippen LogP contribution in [0.15, 0.2) is 53.1 Å². The molecular formula is C17H10IN3O. The van der Waals surface area contributed by atoms with Crippen molar-refractivity contribution in [2.45, 2.75) is 0 Å². The Morgan fingerprint density at radius 3 is 2.77 bits per heavy atom. The van der Waals surface area contributed by atoms with Crippen LogP contribution in [0.2, 0.25) is 0 Å². The molecule has 22 heavy (non-hydrogen) atoms. The summed E-state index contributed by atoms with van der Waals surface area (Å²) in [6, 6.07) is 17.3. The SMILES string of the molecule is N#Cc1cccc(/C=C/c2nc(-c3ccccc3I)no2)c1. The Labute approximate surface area is 141 Å². The van der Waals surface area contributed by atoms with Gasteiger partial charge >= 0.3 is 0 Å². The molecular weight excluding hydrogens is 389 g/mol. The molecule has 0 atom stereocenters. The predicted octanol–water partition coefficient (Wildman–Crippen LogP) is 4.38. The summed E-state index contributed by atoms with van der Waals surface area (Å²) in [5, 5.41) is 12.9. The van der Waals surface area contributed by atoms with Gasteiger partial charge in [0.25, 0.3) is 5.89 Å². The van der Waals surface area contributed by atoms with Crippen molar-refractivity contribution in [3.05, 3.63) is 69.1 Å². The Hall–Kier alpha value is -2.46. The van der Waals surface area contributed by atoms with Crippen molar-refractivity contribution in [2.24, 2.45) is 0 Å². The fourth-order valence-corrected chi connectivity index (χ4v) is 2.56. The Morgan fingerprint density at radius 1 is 1.09 bits per heavy atom. The summed E-state index contributed by atoms with van der Waals surface area (Å²) in [4.78, 5) is 4.36. The van der Waals surface area contributed by atoms with Crippen LogP contribution in [0.5, 0.6) is 0 Å². The molecule has 0 fully saturated rings. The number of nitrogens with zero attached hydrogens (tertiary/aromatic N) is 3. The van der Waals surface area contributed by atoms with Gasteiger partial charge in [0.1, 0.15) is 0 Å². The Balaban J connectivity index is 1.84. The van der Waals surface area contributed by atoms with E-state index in [1.807, 2.05) is 42.5 Å². The normalized spacial score (nSPS) is 10.7. The fraction of sp³-hybridized carbons (Fsp3) is 0. The first-order valence-electron chi connectivity index (χ1n) is 6.53. The van der Waals surface area contributed by atoms with Gasteiger partial charge in [-0.15, -0.1) is 0 Å². The van der Waals surface area contributed by atoms with Crippen molar-refractivity contribution in [1.82, 2.24) is 10.1 Å². The Morgan fingerprint density at radius 2 is 1.95 bits per heavy atom. The fourth-order valence-electron chi connectivity index (χ4n) is 1.93. The van der Waals surface area contributed by atoms with Crippen molar-refractivity contribution in [3.63, 3.8) is 0 Å². The van der Waals surface area contributed by atoms with Gasteiger partial charge in [0.2, 0.25) is 5.82 Å². The average molecular weight is 399 g/mol. The van der Waals surface area contributed by atoms with E-state index in [0.717, 1.165) is 14.7 Å². The lowest BCUT2D eigenvalue weighted by molar-refractivity contribution is 0.411. The van der Waals surface area contributed by atoms with E-state index < -0.39 is 0 Å². The van der Waals surface area contributed by atoms with Gasteiger partial charge in [0.15, 0.2) is 0 Å². The summed E-state index contributed by atoms with van der Waals surface area (Å²) < 4.78 is 6.30. The zero-order valence-corrected chi connectivity index (χ0v) is 13.6. The van der Waals surface area contributed by atoms with E-state index in [0.29, 0.717) is 17.3 Å². The van der Waals surface area contributed by atoms with Crippen LogP contribution in [0.25, 0.3) is 23.5 Å². The third-order valence-electron chi connectivity index (χ3n) is 2.99. The maximum atomic E-state index is 8.89. The lowest BCUT2D eigenvalue weighted by Gasteiger charge is -1.96. The minimum atomic E-state index is 0.428. The van der Waals surface area contributed by atoms with Crippen LogP contribution < -0.4 is 0 Å². The predicted molar refractivity (Wildman–Crippen MR) is 92.5 cm³/mol. The number of hydrogen-bond donors (Lipinski definition) is 0. The minimum absolute atomic E-state index is 0.428. The molecule has 0 saturated heterocycles. The topological polar surface area (TPSA) is 62.7 Å². The lowest BCUT2D eigenvalue weighted by Crippen LogP contribution is -1.84. The third-order valence-corrected chi connectivity index (χ3v) is 3.93. The van der Waals surface area contributed by atoms with Crippen LogP contribution >= 0.6 is 22.6 Å². The average Bonchev–Trinajstić information content (AvgIpc) is 3.02. The van der Waals surface area contributed by atoms with Crippen molar-refractivity contribution in [2.75, 3.05) is 0 Å². The summed E-state index contributed by atoms with van der Waals surface area (Å²) in [7, 11) is 0. The summed E-state index contributed by atoms with van der Waals surface area (Å²) in [5.74, 6) is 0.993. The van der Waals surface area contributed by atoms with E-state index in [1.54, 1.807) is 18.2 Å². The molecule has 0 spiro atoms. The highest BCUT2D eigenvalue weighted by atomic mass is 127. The zero-order chi connectivity index (χ0) is 15.4. The van der Waals surface area contributed by atoms with Crippen molar-refractivity contribution >= 4 is 34.7 Å². The largest absolute Gasteiger partial charge is 0.334 e. The summed E-state index contributed by atoms with van der Waals surface area (Å²) in [5.41, 5.74) is 2.47. The zero-order valence-electron chi connectivity index (χ0n) is 11.4. The van der Waals surface area contributed by atoms with Gasteiger partial charge in [-0.3, -0.25) is 0 Å². The molecule has 5 heteroatoms. The highest BCUT2D eigenvalue weighted by Gasteiger charge is 2.09. The number of aromatic nitrogens is 2. The molecule has 3 aromatic rings. The highest BCUT2D eigenvalue weighted by molar-refractivity contribution is 14.1. The molecule has 0 amide bonds. The molecule has 0 bridgehead atoms.